The predicted molar refractivity (Wildman–Crippen MR) is 313 cm³/mol. The number of guanidine groups is 1. The molecule has 1 aromatic heterocycles. The van der Waals surface area contributed by atoms with Gasteiger partial charge in [0, 0.05) is 36.5 Å². The van der Waals surface area contributed by atoms with Crippen LogP contribution in [-0.4, -0.2) is 153 Å². The third-order valence-corrected chi connectivity index (χ3v) is 13.7. The highest BCUT2D eigenvalue weighted by atomic mass is 16.4. The smallest absolute Gasteiger partial charge is 0.326 e. The van der Waals surface area contributed by atoms with Crippen LogP contribution in [0.25, 0.3) is 10.9 Å². The fourth-order valence-corrected chi connectivity index (χ4v) is 8.78. The molecule has 18 N–H and O–H groups in total. The Balaban J connectivity index is 1.88. The monoisotopic (exact) mass is 1170 g/mol. The molecule has 0 bridgehead atoms. The Labute approximate surface area is 488 Å². The number of aromatic nitrogens is 1. The summed E-state index contributed by atoms with van der Waals surface area (Å²) in [5.41, 5.74) is 18.8. The fourth-order valence-electron chi connectivity index (χ4n) is 8.78. The van der Waals surface area contributed by atoms with Gasteiger partial charge in [0.05, 0.1) is 12.5 Å². The molecule has 0 spiro atoms. The maximum Gasteiger partial charge on any atom is 0.326 e. The number of fused-ring (bicyclic) bond motifs is 1. The van der Waals surface area contributed by atoms with Crippen molar-refractivity contribution in [3.8, 4) is 0 Å². The lowest BCUT2D eigenvalue weighted by atomic mass is 9.96. The van der Waals surface area contributed by atoms with Gasteiger partial charge in [0.15, 0.2) is 5.96 Å². The van der Waals surface area contributed by atoms with Gasteiger partial charge in [-0.05, 0) is 81.4 Å². The van der Waals surface area contributed by atoms with E-state index in [-0.39, 0.29) is 56.4 Å². The van der Waals surface area contributed by atoms with E-state index in [2.05, 4.69) is 57.8 Å². The van der Waals surface area contributed by atoms with Gasteiger partial charge in [-0.2, -0.15) is 0 Å². The van der Waals surface area contributed by atoms with Crippen LogP contribution in [0, 0.1) is 17.8 Å². The normalized spacial score (nSPS) is 15.1. The molecule has 0 aliphatic rings. The molecular weight excluding hydrogens is 1090 g/mol. The predicted octanol–water partition coefficient (Wildman–Crippen LogP) is -0.546. The van der Waals surface area contributed by atoms with Crippen LogP contribution in [0.5, 0.6) is 0 Å². The van der Waals surface area contributed by atoms with Crippen LogP contribution >= 0.6 is 0 Å². The van der Waals surface area contributed by atoms with Crippen LogP contribution in [0.1, 0.15) is 112 Å². The zero-order valence-corrected chi connectivity index (χ0v) is 49.2. The van der Waals surface area contributed by atoms with Crippen LogP contribution in [0.2, 0.25) is 0 Å². The van der Waals surface area contributed by atoms with Crippen molar-refractivity contribution in [2.24, 2.45) is 39.9 Å². The van der Waals surface area contributed by atoms with E-state index < -0.39 is 138 Å². The highest BCUT2D eigenvalue weighted by molar-refractivity contribution is 5.99. The van der Waals surface area contributed by atoms with E-state index in [0.29, 0.717) is 24.0 Å². The van der Waals surface area contributed by atoms with Gasteiger partial charge in [0.1, 0.15) is 54.4 Å². The summed E-state index contributed by atoms with van der Waals surface area (Å²) in [6.07, 6.45) is 1.08. The first-order valence-electron chi connectivity index (χ1n) is 28.1. The van der Waals surface area contributed by atoms with Crippen molar-refractivity contribution < 1.29 is 63.0 Å². The number of rotatable bonds is 35. The van der Waals surface area contributed by atoms with E-state index in [9.17, 15) is 63.0 Å². The van der Waals surface area contributed by atoms with Crippen molar-refractivity contribution in [2.75, 3.05) is 6.54 Å². The molecule has 0 aliphatic carbocycles. The topological polar surface area (TPSA) is 443 Å². The highest BCUT2D eigenvalue weighted by Crippen LogP contribution is 2.20. The van der Waals surface area contributed by atoms with Crippen molar-refractivity contribution in [1.29, 1.82) is 0 Å². The largest absolute Gasteiger partial charge is 0.481 e. The molecule has 27 nitrogen and oxygen atoms in total. The fraction of sp³-hybridized carbons (Fsp3) is 0.544. The number of carbonyl (C=O) groups is 11. The average molecular weight is 1180 g/mol. The molecule has 3 rings (SSSR count). The maximum atomic E-state index is 14.5. The van der Waals surface area contributed by atoms with Crippen molar-refractivity contribution >= 4 is 82.0 Å². The van der Waals surface area contributed by atoms with Gasteiger partial charge in [-0.1, -0.05) is 96.5 Å². The summed E-state index contributed by atoms with van der Waals surface area (Å²) in [6, 6.07) is 2.15. The number of carbonyl (C=O) groups excluding carboxylic acids is 9. The van der Waals surface area contributed by atoms with Crippen molar-refractivity contribution in [3.05, 3.63) is 71.9 Å². The second kappa shape index (κ2) is 34.1. The number of amides is 9. The molecule has 2 aromatic carbocycles. The maximum absolute atomic E-state index is 14.5. The lowest BCUT2D eigenvalue weighted by Gasteiger charge is -2.29. The molecule has 0 saturated carbocycles. The minimum Gasteiger partial charge on any atom is -0.481 e. The Kier molecular flexibility index (Phi) is 28.3. The molecule has 84 heavy (non-hydrogen) atoms. The molecule has 27 heteroatoms. The van der Waals surface area contributed by atoms with Gasteiger partial charge in [0.25, 0.3) is 0 Å². The second-order valence-corrected chi connectivity index (χ2v) is 21.9. The lowest BCUT2D eigenvalue weighted by Crippen LogP contribution is -2.61. The standard InChI is InChI=1S/C57H86N14O13/c1-10-31(6)46(55(82)65-34(9)49(76)67-42(52(79)70-44(56(83)84)24-30(4)5)26-36-28-62-39-20-15-14-19-37(36)39)71-54(81)41(25-35-17-12-11-13-18-35)68-53(80)43(27-45(72)73)69-51(78)40(21-16-22-61-57(59)60)66-48(75)33(8)63-47(74)32(7)64-50(77)38(58)23-29(2)3/h11-15,17-20,28-34,38,40-44,46,62H,10,16,21-27,58H2,1-9H3,(H,63,74)(H,64,77)(H,65,82)(H,66,75)(H,67,76)(H,68,80)(H,69,78)(H,70,79)(H,71,81)(H,72,73)(H,83,84)(H4,59,60,61)/t31-,32-,33-,34-,38-,40-,41-,42-,43-,44-,46-/m0/s1. The number of benzene rings is 2. The number of nitrogens with zero attached hydrogens (tertiary/aromatic N) is 1. The molecule has 0 unspecified atom stereocenters. The van der Waals surface area contributed by atoms with Crippen molar-refractivity contribution in [1.82, 2.24) is 52.8 Å². The van der Waals surface area contributed by atoms with Crippen molar-refractivity contribution in [3.63, 3.8) is 0 Å². The number of nitrogens with one attached hydrogen (secondary N) is 10. The Morgan fingerprint density at radius 3 is 1.58 bits per heavy atom. The number of carboxylic acid groups (broad SMARTS) is 2. The molecule has 0 aliphatic heterocycles. The molecule has 3 aromatic rings. The number of aliphatic carboxylic acids is 2. The molecular formula is C57H86N14O13. The molecule has 0 fully saturated rings. The zero-order valence-electron chi connectivity index (χ0n) is 49.2. The summed E-state index contributed by atoms with van der Waals surface area (Å²) >= 11 is 0. The van der Waals surface area contributed by atoms with Gasteiger partial charge in [-0.25, -0.2) is 4.79 Å². The molecule has 1 heterocycles. The third-order valence-electron chi connectivity index (χ3n) is 13.7. The van der Waals surface area contributed by atoms with E-state index in [1.807, 2.05) is 32.0 Å². The van der Waals surface area contributed by atoms with Gasteiger partial charge < -0.3 is 80.2 Å². The third kappa shape index (κ3) is 23.3. The summed E-state index contributed by atoms with van der Waals surface area (Å²) in [4.78, 5) is 156. The van der Waals surface area contributed by atoms with Gasteiger partial charge in [0.2, 0.25) is 53.2 Å². The number of aromatic amines is 1. The van der Waals surface area contributed by atoms with Gasteiger partial charge in [-0.3, -0.25) is 52.9 Å². The molecule has 0 radical (unpaired) electrons. The lowest BCUT2D eigenvalue weighted by molar-refractivity contribution is -0.143. The first kappa shape index (κ1) is 69.6. The molecule has 11 atom stereocenters. The van der Waals surface area contributed by atoms with Crippen molar-refractivity contribution in [2.45, 2.75) is 174 Å². The van der Waals surface area contributed by atoms with Gasteiger partial charge in [-0.15, -0.1) is 0 Å². The SMILES string of the molecule is CC[C@H](C)[C@H](NC(=O)[C@H](Cc1ccccc1)NC(=O)[C@H](CC(=O)O)NC(=O)[C@H](CCCN=C(N)N)NC(=O)[C@H](C)NC(=O)[C@H](C)NC(=O)[C@@H](N)CC(C)C)C(=O)N[C@@H](C)C(=O)N[C@@H](Cc1c[nH]c2ccccc12)C(=O)N[C@@H](CC(C)C)C(=O)O. The summed E-state index contributed by atoms with van der Waals surface area (Å²) in [7, 11) is 0. The zero-order chi connectivity index (χ0) is 63.0. The van der Waals surface area contributed by atoms with E-state index in [4.69, 9.17) is 17.2 Å². The number of carboxylic acids is 2. The molecule has 0 saturated heterocycles. The van der Waals surface area contributed by atoms with Crippen LogP contribution in [0.15, 0.2) is 65.8 Å². The summed E-state index contributed by atoms with van der Waals surface area (Å²) in [6.45, 7) is 14.8. The van der Waals surface area contributed by atoms with Crippen LogP contribution < -0.4 is 65.1 Å². The highest BCUT2D eigenvalue weighted by Gasteiger charge is 2.36. The minimum atomic E-state index is -1.87. The van der Waals surface area contributed by atoms with Gasteiger partial charge >= 0.3 is 11.9 Å². The molecule has 9 amide bonds. The van der Waals surface area contributed by atoms with Crippen LogP contribution in [0.4, 0.5) is 0 Å². The summed E-state index contributed by atoms with van der Waals surface area (Å²) in [5, 5.41) is 43.5. The first-order valence-corrected chi connectivity index (χ1v) is 28.1. The second-order valence-electron chi connectivity index (χ2n) is 21.9. The number of nitrogens with two attached hydrogens (primary N) is 3. The van der Waals surface area contributed by atoms with Crippen LogP contribution in [-0.2, 0) is 65.6 Å². The number of aliphatic imine (C=N–C) groups is 1. The summed E-state index contributed by atoms with van der Waals surface area (Å²) < 4.78 is 0. The van der Waals surface area contributed by atoms with E-state index in [1.54, 1.807) is 70.3 Å². The first-order chi connectivity index (χ1) is 39.5. The minimum absolute atomic E-state index is 0.0115. The van der Waals surface area contributed by atoms with E-state index in [1.165, 1.54) is 20.8 Å². The number of H-pyrrole nitrogens is 1. The number of para-hydroxylation sites is 1. The Morgan fingerprint density at radius 1 is 0.536 bits per heavy atom. The van der Waals surface area contributed by atoms with E-state index >= 15 is 0 Å². The van der Waals surface area contributed by atoms with Crippen LogP contribution in [0.3, 0.4) is 0 Å². The Hall–Kier alpha value is -8.62. The molecule has 462 valence electrons. The summed E-state index contributed by atoms with van der Waals surface area (Å²) in [5.74, 6) is -11.4. The average Bonchev–Trinajstić information content (AvgIpc) is 3.92. The quantitative estimate of drug-likeness (QED) is 0.0200. The number of hydrogen-bond acceptors (Lipinski definition) is 13. The Bertz CT molecular complexity index is 2790. The van der Waals surface area contributed by atoms with E-state index in [0.717, 1.165) is 10.9 Å². The number of hydrogen-bond donors (Lipinski definition) is 15. The Morgan fingerprint density at radius 2 is 1.01 bits per heavy atom.